The fourth-order valence-corrected chi connectivity index (χ4v) is 3.27. The third kappa shape index (κ3) is 1.70. The van der Waals surface area contributed by atoms with Crippen molar-refractivity contribution in [2.75, 3.05) is 0 Å². The number of para-hydroxylation sites is 1. The molecule has 0 saturated carbocycles. The Morgan fingerprint density at radius 3 is 2.80 bits per heavy atom. The Labute approximate surface area is 123 Å². The summed E-state index contributed by atoms with van der Waals surface area (Å²) >= 11 is 0. The molecule has 0 spiro atoms. The Bertz CT molecular complexity index is 802. The van der Waals surface area contributed by atoms with E-state index in [2.05, 4.69) is 18.3 Å². The number of hydrogen-bond acceptors (Lipinski definition) is 2. The lowest BCUT2D eigenvalue weighted by molar-refractivity contribution is -0.559. The number of fused-ring (bicyclic) bond motifs is 3. The maximum absolute atomic E-state index is 12.3. The lowest BCUT2D eigenvalue weighted by atomic mass is 9.85. The van der Waals surface area contributed by atoms with Crippen LogP contribution in [0, 0.1) is 0 Å². The first-order valence-corrected chi connectivity index (χ1v) is 6.76. The number of benzene rings is 1. The highest BCUT2D eigenvalue weighted by molar-refractivity contribution is 6.11. The molecule has 0 atom stereocenters. The van der Waals surface area contributed by atoms with Gasteiger partial charge in [0.15, 0.2) is 5.78 Å². The minimum absolute atomic E-state index is 0. The summed E-state index contributed by atoms with van der Waals surface area (Å²) in [4.78, 5) is 17.0. The van der Waals surface area contributed by atoms with E-state index < -0.39 is 0 Å². The summed E-state index contributed by atoms with van der Waals surface area (Å²) in [6.45, 7) is 2.09. The van der Waals surface area contributed by atoms with Gasteiger partial charge in [-0.1, -0.05) is 18.2 Å². The topological polar surface area (TPSA) is 46.0 Å². The molecule has 1 aromatic rings. The van der Waals surface area contributed by atoms with Gasteiger partial charge in [0, 0.05) is 30.6 Å². The summed E-state index contributed by atoms with van der Waals surface area (Å²) in [5.74, 6) is 0.282. The highest BCUT2D eigenvalue weighted by Gasteiger charge is 2.35. The number of nitrogens with zero attached hydrogens (tertiary/aromatic N) is 1. The molecule has 2 aliphatic heterocycles. The molecular weight excluding hydrogens is 272 g/mol. The molecule has 0 bridgehead atoms. The van der Waals surface area contributed by atoms with Gasteiger partial charge in [-0.05, 0) is 12.5 Å². The Hall–Kier alpha value is -1.71. The Balaban J connectivity index is 0.00000121. The molecule has 0 unspecified atom stereocenters. The maximum atomic E-state index is 12.3. The molecule has 0 saturated heterocycles. The highest BCUT2D eigenvalue weighted by atomic mass is 35.5. The van der Waals surface area contributed by atoms with Crippen LogP contribution in [0.4, 0.5) is 0 Å². The first-order chi connectivity index (χ1) is 9.25. The molecule has 2 heterocycles. The van der Waals surface area contributed by atoms with Crippen LogP contribution < -0.4 is 28.3 Å². The average molecular weight is 287 g/mol. The third-order valence-corrected chi connectivity index (χ3v) is 4.11. The van der Waals surface area contributed by atoms with Crippen LogP contribution in [-0.4, -0.2) is 5.78 Å². The monoisotopic (exact) mass is 286 g/mol. The number of carbonyl (C=O) groups is 1. The van der Waals surface area contributed by atoms with Gasteiger partial charge in [-0.15, -0.1) is 0 Å². The molecule has 2 N–H and O–H groups in total. The predicted octanol–water partition coefficient (Wildman–Crippen LogP) is -2.71. The summed E-state index contributed by atoms with van der Waals surface area (Å²) in [5.41, 5.74) is 5.39. The number of rotatable bonds is 0. The van der Waals surface area contributed by atoms with Crippen molar-refractivity contribution < 1.29 is 22.5 Å². The Kier molecular flexibility index (Phi) is 3.11. The van der Waals surface area contributed by atoms with Gasteiger partial charge in [-0.3, -0.25) is 10.1 Å². The van der Waals surface area contributed by atoms with Gasteiger partial charge in [-0.25, -0.2) is 4.99 Å². The zero-order valence-electron chi connectivity index (χ0n) is 11.2. The van der Waals surface area contributed by atoms with Gasteiger partial charge in [0.05, 0.1) is 10.9 Å². The van der Waals surface area contributed by atoms with Crippen LogP contribution in [-0.2, 0) is 4.79 Å². The largest absolute Gasteiger partial charge is 1.00 e. The van der Waals surface area contributed by atoms with Crippen molar-refractivity contribution >= 4 is 11.4 Å². The van der Waals surface area contributed by atoms with Gasteiger partial charge >= 0.3 is 0 Å². The molecule has 0 amide bonds. The fourth-order valence-electron chi connectivity index (χ4n) is 3.27. The van der Waals surface area contributed by atoms with E-state index in [-0.39, 0.29) is 18.2 Å². The smallest absolute Gasteiger partial charge is 0.169 e. The molecule has 0 aromatic heterocycles. The molecule has 3 nitrogen and oxygen atoms in total. The van der Waals surface area contributed by atoms with E-state index in [1.807, 2.05) is 18.2 Å². The predicted molar refractivity (Wildman–Crippen MR) is 71.1 cm³/mol. The van der Waals surface area contributed by atoms with Crippen LogP contribution in [0.2, 0.25) is 0 Å². The van der Waals surface area contributed by atoms with Crippen molar-refractivity contribution in [3.8, 4) is 0 Å². The van der Waals surface area contributed by atoms with E-state index in [9.17, 15) is 4.79 Å². The summed E-state index contributed by atoms with van der Waals surface area (Å²) in [6, 6.07) is 8.12. The van der Waals surface area contributed by atoms with Crippen molar-refractivity contribution in [2.24, 2.45) is 4.99 Å². The number of hydrogen-bond donors (Lipinski definition) is 1. The van der Waals surface area contributed by atoms with E-state index in [0.717, 1.165) is 40.3 Å². The van der Waals surface area contributed by atoms with E-state index in [1.165, 1.54) is 11.4 Å². The zero-order valence-corrected chi connectivity index (χ0v) is 12.0. The number of nitrogens with two attached hydrogens (primary N) is 1. The number of quaternary nitrogens is 1. The van der Waals surface area contributed by atoms with Crippen LogP contribution in [0.25, 0.3) is 5.57 Å². The van der Waals surface area contributed by atoms with Crippen LogP contribution >= 0.6 is 0 Å². The van der Waals surface area contributed by atoms with E-state index >= 15 is 0 Å². The molecule has 0 fully saturated rings. The summed E-state index contributed by atoms with van der Waals surface area (Å²) in [6.07, 6.45) is 2.66. The first-order valence-electron chi connectivity index (χ1n) is 6.76. The minimum atomic E-state index is 0. The van der Waals surface area contributed by atoms with Crippen LogP contribution in [0.5, 0.6) is 0 Å². The molecule has 1 aromatic carbocycles. The number of ketones is 1. The van der Waals surface area contributed by atoms with Crippen molar-refractivity contribution in [2.45, 2.75) is 26.2 Å². The van der Waals surface area contributed by atoms with Crippen LogP contribution in [0.3, 0.4) is 0 Å². The number of halogens is 1. The molecule has 1 aliphatic carbocycles. The fraction of sp³-hybridized carbons (Fsp3) is 0.250. The SMILES string of the molecule is CC1=C2N=c3ccccc3=C2C2=C(CCCC2=O)[NH2+]1.[Cl-]. The molecule has 3 aliphatic rings. The second-order valence-corrected chi connectivity index (χ2v) is 5.36. The zero-order chi connectivity index (χ0) is 13.0. The molecule has 0 radical (unpaired) electrons. The van der Waals surface area contributed by atoms with Gasteiger partial charge < -0.3 is 12.4 Å². The molecular formula is C16H15ClN2O. The van der Waals surface area contributed by atoms with Crippen molar-refractivity contribution in [1.82, 2.24) is 0 Å². The standard InChI is InChI=1S/C16H14N2O.ClH/c1-9-16-14(10-5-2-3-6-11(10)18-16)15-12(17-9)7-4-8-13(15)19;/h2-3,5-6,17H,4,7-8H2,1H3;1H. The molecule has 4 heteroatoms. The highest BCUT2D eigenvalue weighted by Crippen LogP contribution is 2.33. The average Bonchev–Trinajstić information content (AvgIpc) is 2.79. The first kappa shape index (κ1) is 13.3. The van der Waals surface area contributed by atoms with E-state index in [0.29, 0.717) is 6.42 Å². The molecule has 102 valence electrons. The number of allylic oxidation sites excluding steroid dienone is 3. The van der Waals surface area contributed by atoms with Crippen molar-refractivity contribution in [1.29, 1.82) is 0 Å². The minimum Gasteiger partial charge on any atom is -1.00 e. The number of carbonyl (C=O) groups excluding carboxylic acids is 1. The van der Waals surface area contributed by atoms with Gasteiger partial charge in [0.1, 0.15) is 17.1 Å². The van der Waals surface area contributed by atoms with Gasteiger partial charge in [-0.2, -0.15) is 0 Å². The normalized spacial score (nSPS) is 20.1. The quantitative estimate of drug-likeness (QED) is 0.554. The maximum Gasteiger partial charge on any atom is 0.169 e. The number of Topliss-reactive ketones (excluding diaryl/α,β-unsaturated/α-hetero) is 1. The van der Waals surface area contributed by atoms with Crippen LogP contribution in [0.1, 0.15) is 26.2 Å². The third-order valence-electron chi connectivity index (χ3n) is 4.11. The molecule has 20 heavy (non-hydrogen) atoms. The summed E-state index contributed by atoms with van der Waals surface area (Å²) in [7, 11) is 0. The Morgan fingerprint density at radius 1 is 1.15 bits per heavy atom. The molecule has 4 rings (SSSR count). The van der Waals surface area contributed by atoms with Gasteiger partial charge in [0.25, 0.3) is 0 Å². The second kappa shape index (κ2) is 4.69. The lowest BCUT2D eigenvalue weighted by Crippen LogP contribution is -3.00. The van der Waals surface area contributed by atoms with E-state index in [4.69, 9.17) is 4.99 Å². The summed E-state index contributed by atoms with van der Waals surface area (Å²) < 4.78 is 0. The second-order valence-electron chi connectivity index (χ2n) is 5.36. The Morgan fingerprint density at radius 2 is 1.95 bits per heavy atom. The summed E-state index contributed by atoms with van der Waals surface area (Å²) in [5, 5.41) is 4.26. The van der Waals surface area contributed by atoms with Crippen LogP contribution in [0.15, 0.2) is 51.9 Å². The van der Waals surface area contributed by atoms with Gasteiger partial charge in [0.2, 0.25) is 0 Å². The van der Waals surface area contributed by atoms with E-state index in [1.54, 1.807) is 0 Å². The lowest BCUT2D eigenvalue weighted by Gasteiger charge is -2.23. The van der Waals surface area contributed by atoms with Crippen molar-refractivity contribution in [3.63, 3.8) is 0 Å². The van der Waals surface area contributed by atoms with Crippen molar-refractivity contribution in [3.05, 3.63) is 57.5 Å².